The van der Waals surface area contributed by atoms with E-state index in [1.807, 2.05) is 13.0 Å². The van der Waals surface area contributed by atoms with E-state index < -0.39 is 0 Å². The average molecular weight is 189 g/mol. The summed E-state index contributed by atoms with van der Waals surface area (Å²) in [5.74, 6) is 0.187. The van der Waals surface area contributed by atoms with Gasteiger partial charge in [-0.25, -0.2) is 0 Å². The molecule has 0 aliphatic carbocycles. The van der Waals surface area contributed by atoms with Crippen molar-refractivity contribution < 1.29 is 4.79 Å². The molecule has 0 aromatic heterocycles. The van der Waals surface area contributed by atoms with Gasteiger partial charge in [0.15, 0.2) is 5.78 Å². The van der Waals surface area contributed by atoms with Gasteiger partial charge in [0, 0.05) is 12.1 Å². The van der Waals surface area contributed by atoms with Crippen molar-refractivity contribution in [3.8, 4) is 0 Å². The Labute approximate surface area is 84.3 Å². The number of carbonyl (C=O) groups is 1. The van der Waals surface area contributed by atoms with Gasteiger partial charge < -0.3 is 5.32 Å². The van der Waals surface area contributed by atoms with Gasteiger partial charge in [0.05, 0.1) is 0 Å². The van der Waals surface area contributed by atoms with Crippen molar-refractivity contribution in [3.05, 3.63) is 34.4 Å². The van der Waals surface area contributed by atoms with Crippen LogP contribution >= 0.6 is 0 Å². The van der Waals surface area contributed by atoms with Crippen molar-refractivity contribution in [2.24, 2.45) is 0 Å². The summed E-state index contributed by atoms with van der Waals surface area (Å²) in [6, 6.07) is 4.18. The number of Topliss-reactive ketones (excluding diaryl/α,β-unsaturated/α-hetero) is 1. The fourth-order valence-electron chi connectivity index (χ4n) is 2.09. The minimum Gasteiger partial charge on any atom is -0.312 e. The number of hydrogen-bond donors (Lipinski definition) is 1. The van der Waals surface area contributed by atoms with E-state index >= 15 is 0 Å². The Hall–Kier alpha value is -1.15. The van der Waals surface area contributed by atoms with Gasteiger partial charge in [0.1, 0.15) is 0 Å². The Morgan fingerprint density at radius 3 is 2.93 bits per heavy atom. The van der Waals surface area contributed by atoms with Crippen LogP contribution in [0.5, 0.6) is 0 Å². The number of carbonyl (C=O) groups excluding carboxylic acids is 1. The maximum atomic E-state index is 11.4. The first kappa shape index (κ1) is 9.41. The number of ketones is 1. The third-order valence-corrected chi connectivity index (χ3v) is 2.73. The molecule has 2 nitrogen and oxygen atoms in total. The molecule has 0 saturated carbocycles. The third-order valence-electron chi connectivity index (χ3n) is 2.73. The van der Waals surface area contributed by atoms with Crippen molar-refractivity contribution in [2.45, 2.75) is 26.8 Å². The van der Waals surface area contributed by atoms with Crippen LogP contribution in [0.1, 0.15) is 34.0 Å². The Balaban J connectivity index is 2.58. The average Bonchev–Trinajstić information content (AvgIpc) is 2.16. The largest absolute Gasteiger partial charge is 0.312 e. The summed E-state index contributed by atoms with van der Waals surface area (Å²) in [7, 11) is 0. The van der Waals surface area contributed by atoms with Gasteiger partial charge >= 0.3 is 0 Å². The smallest absolute Gasteiger partial charge is 0.160 e. The molecule has 0 saturated heterocycles. The number of fused-ring (bicyclic) bond motifs is 1. The highest BCUT2D eigenvalue weighted by atomic mass is 16.1. The van der Waals surface area contributed by atoms with E-state index in [0.717, 1.165) is 25.1 Å². The normalized spacial score (nSPS) is 15.0. The van der Waals surface area contributed by atoms with E-state index in [2.05, 4.69) is 11.4 Å². The first-order valence-electron chi connectivity index (χ1n) is 5.02. The van der Waals surface area contributed by atoms with Gasteiger partial charge in [-0.15, -0.1) is 0 Å². The van der Waals surface area contributed by atoms with Crippen molar-refractivity contribution >= 4 is 5.78 Å². The van der Waals surface area contributed by atoms with Crippen molar-refractivity contribution in [2.75, 3.05) is 6.54 Å². The zero-order valence-electron chi connectivity index (χ0n) is 8.68. The highest BCUT2D eigenvalue weighted by Crippen LogP contribution is 2.21. The molecule has 2 heteroatoms. The van der Waals surface area contributed by atoms with Gasteiger partial charge in [0.2, 0.25) is 0 Å². The van der Waals surface area contributed by atoms with Gasteiger partial charge in [-0.2, -0.15) is 0 Å². The van der Waals surface area contributed by atoms with Gasteiger partial charge in [-0.3, -0.25) is 4.79 Å². The lowest BCUT2D eigenvalue weighted by Gasteiger charge is -2.20. The van der Waals surface area contributed by atoms with Crippen LogP contribution < -0.4 is 5.32 Å². The molecule has 0 atom stereocenters. The summed E-state index contributed by atoms with van der Waals surface area (Å²) >= 11 is 0. The summed E-state index contributed by atoms with van der Waals surface area (Å²) in [5, 5.41) is 3.32. The summed E-state index contributed by atoms with van der Waals surface area (Å²) in [6.07, 6.45) is 0.977. The maximum absolute atomic E-state index is 11.4. The Bertz CT molecular complexity index is 382. The van der Waals surface area contributed by atoms with Gasteiger partial charge in [0.25, 0.3) is 0 Å². The molecular weight excluding hydrogens is 174 g/mol. The molecule has 1 aliphatic heterocycles. The molecule has 1 aliphatic rings. The Kier molecular flexibility index (Phi) is 2.38. The fraction of sp³-hybridized carbons (Fsp3) is 0.417. The Morgan fingerprint density at radius 2 is 2.21 bits per heavy atom. The lowest BCUT2D eigenvalue weighted by atomic mass is 9.92. The highest BCUT2D eigenvalue weighted by molar-refractivity contribution is 5.96. The van der Waals surface area contributed by atoms with Crippen LogP contribution in [0, 0.1) is 6.92 Å². The number of nitrogens with one attached hydrogen (secondary N) is 1. The molecule has 0 amide bonds. The summed E-state index contributed by atoms with van der Waals surface area (Å²) < 4.78 is 0. The molecule has 74 valence electrons. The van der Waals surface area contributed by atoms with Crippen molar-refractivity contribution in [1.82, 2.24) is 5.32 Å². The van der Waals surface area contributed by atoms with Crippen molar-refractivity contribution in [3.63, 3.8) is 0 Å². The second-order valence-corrected chi connectivity index (χ2v) is 3.93. The predicted molar refractivity (Wildman–Crippen MR) is 56.6 cm³/mol. The first-order valence-corrected chi connectivity index (χ1v) is 5.02. The summed E-state index contributed by atoms with van der Waals surface area (Å²) in [5.41, 5.74) is 4.64. The predicted octanol–water partition coefficient (Wildman–Crippen LogP) is 1.84. The zero-order valence-corrected chi connectivity index (χ0v) is 8.68. The van der Waals surface area contributed by atoms with Crippen LogP contribution in [-0.2, 0) is 13.0 Å². The van der Waals surface area contributed by atoms with E-state index in [9.17, 15) is 4.79 Å². The molecule has 0 radical (unpaired) electrons. The molecule has 0 spiro atoms. The van der Waals surface area contributed by atoms with Gasteiger partial charge in [-0.1, -0.05) is 11.6 Å². The van der Waals surface area contributed by atoms with Crippen LogP contribution in [0.25, 0.3) is 0 Å². The minimum atomic E-state index is 0.187. The van der Waals surface area contributed by atoms with Crippen LogP contribution in [-0.4, -0.2) is 12.3 Å². The quantitative estimate of drug-likeness (QED) is 0.683. The number of benzene rings is 1. The Morgan fingerprint density at radius 1 is 1.43 bits per heavy atom. The molecule has 0 bridgehead atoms. The molecule has 14 heavy (non-hydrogen) atoms. The second kappa shape index (κ2) is 3.54. The van der Waals surface area contributed by atoms with Crippen LogP contribution in [0.2, 0.25) is 0 Å². The SMILES string of the molecule is CC(=O)c1cc(C)cc2c1CCNC2. The standard InChI is InChI=1S/C12H15NO/c1-8-5-10-7-13-4-3-11(10)12(6-8)9(2)14/h5-6,13H,3-4,7H2,1-2H3. The topological polar surface area (TPSA) is 29.1 Å². The number of rotatable bonds is 1. The van der Waals surface area contributed by atoms with E-state index in [4.69, 9.17) is 0 Å². The van der Waals surface area contributed by atoms with E-state index in [1.54, 1.807) is 6.92 Å². The molecule has 1 aromatic rings. The molecule has 0 unspecified atom stereocenters. The maximum Gasteiger partial charge on any atom is 0.160 e. The van der Waals surface area contributed by atoms with E-state index in [0.29, 0.717) is 0 Å². The summed E-state index contributed by atoms with van der Waals surface area (Å²) in [6.45, 7) is 5.58. The monoisotopic (exact) mass is 189 g/mol. The second-order valence-electron chi connectivity index (χ2n) is 3.93. The molecule has 1 aromatic carbocycles. The van der Waals surface area contributed by atoms with E-state index in [-0.39, 0.29) is 5.78 Å². The van der Waals surface area contributed by atoms with Gasteiger partial charge in [-0.05, 0) is 44.0 Å². The highest BCUT2D eigenvalue weighted by Gasteiger charge is 2.15. The van der Waals surface area contributed by atoms with Crippen LogP contribution in [0.4, 0.5) is 0 Å². The van der Waals surface area contributed by atoms with Crippen LogP contribution in [0.3, 0.4) is 0 Å². The molecule has 1 N–H and O–H groups in total. The number of hydrogen-bond acceptors (Lipinski definition) is 2. The minimum absolute atomic E-state index is 0.187. The lowest BCUT2D eigenvalue weighted by Crippen LogP contribution is -2.25. The molecular formula is C12H15NO. The number of aryl methyl sites for hydroxylation is 1. The lowest BCUT2D eigenvalue weighted by molar-refractivity contribution is 0.101. The molecule has 0 fully saturated rings. The van der Waals surface area contributed by atoms with Crippen molar-refractivity contribution in [1.29, 1.82) is 0 Å². The zero-order chi connectivity index (χ0) is 10.1. The van der Waals surface area contributed by atoms with Crippen LogP contribution in [0.15, 0.2) is 12.1 Å². The summed E-state index contributed by atoms with van der Waals surface area (Å²) in [4.78, 5) is 11.4. The molecule has 1 heterocycles. The third kappa shape index (κ3) is 1.58. The molecule has 2 rings (SSSR count). The first-order chi connectivity index (χ1) is 6.68. The van der Waals surface area contributed by atoms with E-state index in [1.165, 1.54) is 16.7 Å². The fourth-order valence-corrected chi connectivity index (χ4v) is 2.09.